The highest BCUT2D eigenvalue weighted by Crippen LogP contribution is 2.40. The number of rotatable bonds is 4. The summed E-state index contributed by atoms with van der Waals surface area (Å²) in [5.74, 6) is -0.152. The number of anilines is 1. The zero-order chi connectivity index (χ0) is 18.9. The highest BCUT2D eigenvalue weighted by atomic mass is 19.1. The summed E-state index contributed by atoms with van der Waals surface area (Å²) in [6.45, 7) is 9.39. The molecule has 3 rings (SSSR count). The van der Waals surface area contributed by atoms with E-state index in [9.17, 15) is 9.50 Å². The first kappa shape index (κ1) is 18.2. The number of aliphatic imine (C=N–C) groups is 1. The van der Waals surface area contributed by atoms with Crippen LogP contribution in [0.5, 0.6) is 5.75 Å². The maximum absolute atomic E-state index is 14.8. The van der Waals surface area contributed by atoms with Gasteiger partial charge in [-0.2, -0.15) is 0 Å². The van der Waals surface area contributed by atoms with Crippen molar-refractivity contribution in [2.45, 2.75) is 39.7 Å². The molecule has 0 saturated heterocycles. The lowest BCUT2D eigenvalue weighted by Crippen LogP contribution is -2.45. The summed E-state index contributed by atoms with van der Waals surface area (Å²) in [7, 11) is 0. The molecular formula is C22H25FN2O. The SMILES string of the molecule is CCCN1c2cc(F)c(C=Nc3cccc(O)c3)cc2C(C)=CC1(C)C. The van der Waals surface area contributed by atoms with Gasteiger partial charge in [0.25, 0.3) is 0 Å². The Kier molecular flexibility index (Phi) is 4.86. The van der Waals surface area contributed by atoms with Gasteiger partial charge in [0.1, 0.15) is 11.6 Å². The zero-order valence-corrected chi connectivity index (χ0v) is 15.8. The summed E-state index contributed by atoms with van der Waals surface area (Å²) >= 11 is 0. The maximum Gasteiger partial charge on any atom is 0.134 e. The normalized spacial score (nSPS) is 15.9. The quantitative estimate of drug-likeness (QED) is 0.717. The Hall–Kier alpha value is -2.62. The molecule has 1 aliphatic rings. The van der Waals surface area contributed by atoms with Gasteiger partial charge in [-0.05, 0) is 57.0 Å². The molecule has 0 radical (unpaired) electrons. The molecule has 136 valence electrons. The fourth-order valence-corrected chi connectivity index (χ4v) is 3.56. The first-order valence-electron chi connectivity index (χ1n) is 8.96. The first-order valence-corrected chi connectivity index (χ1v) is 8.96. The molecule has 26 heavy (non-hydrogen) atoms. The Balaban J connectivity index is 2.03. The molecule has 4 heteroatoms. The van der Waals surface area contributed by atoms with E-state index in [1.807, 2.05) is 6.07 Å². The number of hydrogen-bond acceptors (Lipinski definition) is 3. The summed E-state index contributed by atoms with van der Waals surface area (Å²) in [5, 5.41) is 9.53. The minimum atomic E-state index is -0.292. The Bertz CT molecular complexity index is 884. The summed E-state index contributed by atoms with van der Waals surface area (Å²) in [4.78, 5) is 6.56. The van der Waals surface area contributed by atoms with E-state index in [1.54, 1.807) is 30.3 Å². The van der Waals surface area contributed by atoms with E-state index in [2.05, 4.69) is 43.7 Å². The third kappa shape index (κ3) is 3.50. The van der Waals surface area contributed by atoms with Crippen molar-refractivity contribution in [1.82, 2.24) is 0 Å². The number of benzene rings is 2. The predicted octanol–water partition coefficient (Wildman–Crippen LogP) is 5.69. The van der Waals surface area contributed by atoms with Crippen molar-refractivity contribution in [1.29, 1.82) is 0 Å². The van der Waals surface area contributed by atoms with Gasteiger partial charge >= 0.3 is 0 Å². The molecule has 2 aromatic carbocycles. The van der Waals surface area contributed by atoms with Gasteiger partial charge in [0, 0.05) is 35.6 Å². The second-order valence-electron chi connectivity index (χ2n) is 7.30. The van der Waals surface area contributed by atoms with E-state index in [1.165, 1.54) is 6.21 Å². The molecule has 0 unspecified atom stereocenters. The fourth-order valence-electron chi connectivity index (χ4n) is 3.56. The molecule has 1 heterocycles. The van der Waals surface area contributed by atoms with E-state index in [4.69, 9.17) is 0 Å². The van der Waals surface area contributed by atoms with Crippen molar-refractivity contribution in [2.75, 3.05) is 11.4 Å². The Morgan fingerprint density at radius 3 is 2.69 bits per heavy atom. The molecule has 1 N–H and O–H groups in total. The maximum atomic E-state index is 14.8. The number of hydrogen-bond donors (Lipinski definition) is 1. The largest absolute Gasteiger partial charge is 0.508 e. The average Bonchev–Trinajstić information content (AvgIpc) is 2.57. The highest BCUT2D eigenvalue weighted by molar-refractivity contribution is 5.89. The molecule has 0 amide bonds. The number of phenolic OH excluding ortho intramolecular Hbond substituents is 1. The number of phenols is 1. The van der Waals surface area contributed by atoms with Gasteiger partial charge in [-0.15, -0.1) is 0 Å². The minimum Gasteiger partial charge on any atom is -0.508 e. The van der Waals surface area contributed by atoms with Crippen molar-refractivity contribution in [2.24, 2.45) is 4.99 Å². The monoisotopic (exact) mass is 352 g/mol. The van der Waals surface area contributed by atoms with Gasteiger partial charge in [0.2, 0.25) is 0 Å². The van der Waals surface area contributed by atoms with Gasteiger partial charge in [-0.25, -0.2) is 4.39 Å². The number of halogens is 1. The molecule has 0 fully saturated rings. The van der Waals surface area contributed by atoms with Crippen LogP contribution in [0.3, 0.4) is 0 Å². The predicted molar refractivity (Wildman–Crippen MR) is 107 cm³/mol. The van der Waals surface area contributed by atoms with Crippen LogP contribution in [-0.4, -0.2) is 23.4 Å². The zero-order valence-electron chi connectivity index (χ0n) is 15.8. The minimum absolute atomic E-state index is 0.141. The van der Waals surface area contributed by atoms with E-state index >= 15 is 0 Å². The number of aromatic hydroxyl groups is 1. The van der Waals surface area contributed by atoms with Crippen molar-refractivity contribution in [3.8, 4) is 5.75 Å². The van der Waals surface area contributed by atoms with Crippen LogP contribution in [-0.2, 0) is 0 Å². The van der Waals surface area contributed by atoms with E-state index < -0.39 is 0 Å². The Morgan fingerprint density at radius 2 is 2.00 bits per heavy atom. The molecule has 0 aromatic heterocycles. The van der Waals surface area contributed by atoms with Crippen LogP contribution in [0.4, 0.5) is 15.8 Å². The van der Waals surface area contributed by atoms with Crippen molar-refractivity contribution < 1.29 is 9.50 Å². The van der Waals surface area contributed by atoms with Gasteiger partial charge < -0.3 is 10.0 Å². The standard InChI is InChI=1S/C22H25FN2O/c1-5-9-25-21-12-20(23)16(10-19(21)15(2)13-22(25,3)4)14-24-17-7-6-8-18(26)11-17/h6-8,10-14,26H,5,9H2,1-4H3. The molecule has 0 aliphatic carbocycles. The van der Waals surface area contributed by atoms with E-state index in [0.717, 1.165) is 29.8 Å². The molecule has 0 bridgehead atoms. The lowest BCUT2D eigenvalue weighted by Gasteiger charge is -2.43. The van der Waals surface area contributed by atoms with Crippen molar-refractivity contribution in [3.05, 3.63) is 59.4 Å². The highest BCUT2D eigenvalue weighted by Gasteiger charge is 2.31. The van der Waals surface area contributed by atoms with Crippen molar-refractivity contribution >= 4 is 23.2 Å². The smallest absolute Gasteiger partial charge is 0.134 e. The molecule has 1 aliphatic heterocycles. The molecule has 0 saturated carbocycles. The Morgan fingerprint density at radius 1 is 1.23 bits per heavy atom. The number of nitrogens with zero attached hydrogens (tertiary/aromatic N) is 2. The Labute approximate surface area is 154 Å². The van der Waals surface area contributed by atoms with Crippen molar-refractivity contribution in [3.63, 3.8) is 0 Å². The number of allylic oxidation sites excluding steroid dienone is 1. The molecule has 0 spiro atoms. The summed E-state index contributed by atoms with van der Waals surface area (Å²) in [6, 6.07) is 10.1. The van der Waals surface area contributed by atoms with E-state index in [0.29, 0.717) is 11.3 Å². The summed E-state index contributed by atoms with van der Waals surface area (Å²) < 4.78 is 14.8. The number of fused-ring (bicyclic) bond motifs is 1. The van der Waals surface area contributed by atoms with Crippen LogP contribution in [0.1, 0.15) is 45.2 Å². The lowest BCUT2D eigenvalue weighted by atomic mass is 9.87. The summed E-state index contributed by atoms with van der Waals surface area (Å²) in [5.41, 5.74) is 4.00. The third-order valence-electron chi connectivity index (χ3n) is 4.73. The first-order chi connectivity index (χ1) is 12.3. The second-order valence-corrected chi connectivity index (χ2v) is 7.30. The molecule has 2 aromatic rings. The van der Waals surface area contributed by atoms with Crippen LogP contribution in [0, 0.1) is 5.82 Å². The summed E-state index contributed by atoms with van der Waals surface area (Å²) in [6.07, 6.45) is 4.75. The molecular weight excluding hydrogens is 327 g/mol. The topological polar surface area (TPSA) is 35.8 Å². The van der Waals surface area contributed by atoms with E-state index in [-0.39, 0.29) is 17.1 Å². The fraction of sp³-hybridized carbons (Fsp3) is 0.318. The van der Waals surface area contributed by atoms with Crippen LogP contribution >= 0.6 is 0 Å². The average molecular weight is 352 g/mol. The van der Waals surface area contributed by atoms with Gasteiger partial charge in [-0.1, -0.05) is 19.1 Å². The van der Waals surface area contributed by atoms with Gasteiger partial charge in [-0.3, -0.25) is 4.99 Å². The molecule has 0 atom stereocenters. The van der Waals surface area contributed by atoms with Gasteiger partial charge in [0.15, 0.2) is 0 Å². The van der Waals surface area contributed by atoms with Crippen LogP contribution in [0.25, 0.3) is 5.57 Å². The van der Waals surface area contributed by atoms with Crippen LogP contribution < -0.4 is 4.90 Å². The third-order valence-corrected chi connectivity index (χ3v) is 4.73. The second kappa shape index (κ2) is 6.94. The van der Waals surface area contributed by atoms with Crippen LogP contribution in [0.15, 0.2) is 47.5 Å². The van der Waals surface area contributed by atoms with Gasteiger partial charge in [0.05, 0.1) is 11.2 Å². The molecule has 3 nitrogen and oxygen atoms in total. The van der Waals surface area contributed by atoms with Crippen LogP contribution in [0.2, 0.25) is 0 Å². The lowest BCUT2D eigenvalue weighted by molar-refractivity contribution is 0.475.